The highest BCUT2D eigenvalue weighted by Gasteiger charge is 2.28. The highest BCUT2D eigenvalue weighted by molar-refractivity contribution is 7.08. The predicted octanol–water partition coefficient (Wildman–Crippen LogP) is 2.37. The van der Waals surface area contributed by atoms with Crippen molar-refractivity contribution in [1.82, 2.24) is 14.9 Å². The number of carbonyl (C=O) groups excluding carboxylic acids is 1. The van der Waals surface area contributed by atoms with E-state index in [-0.39, 0.29) is 12.0 Å². The average molecular weight is 303 g/mol. The molecule has 0 aliphatic carbocycles. The summed E-state index contributed by atoms with van der Waals surface area (Å²) in [5, 5.41) is 3.79. The Morgan fingerprint density at radius 1 is 1.38 bits per heavy atom. The van der Waals surface area contributed by atoms with Crippen molar-refractivity contribution >= 4 is 17.2 Å². The minimum Gasteiger partial charge on any atom is -0.367 e. The molecule has 6 heteroatoms. The number of amides is 1. The van der Waals surface area contributed by atoms with E-state index in [0.717, 1.165) is 17.0 Å². The van der Waals surface area contributed by atoms with Crippen LogP contribution in [0, 0.1) is 13.8 Å². The minimum atomic E-state index is -0.250. The second-order valence-corrected chi connectivity index (χ2v) is 5.91. The first-order valence-electron chi connectivity index (χ1n) is 6.89. The Bertz CT molecular complexity index is 622. The summed E-state index contributed by atoms with van der Waals surface area (Å²) in [5.74, 6) is 0.712. The first kappa shape index (κ1) is 14.2. The van der Waals surface area contributed by atoms with E-state index in [1.54, 1.807) is 0 Å². The monoisotopic (exact) mass is 303 g/mol. The van der Waals surface area contributed by atoms with Gasteiger partial charge in [0.25, 0.3) is 5.91 Å². The van der Waals surface area contributed by atoms with Gasteiger partial charge in [0.2, 0.25) is 0 Å². The molecule has 1 saturated heterocycles. The molecule has 1 aliphatic rings. The number of thiophene rings is 1. The van der Waals surface area contributed by atoms with Gasteiger partial charge >= 0.3 is 0 Å². The molecule has 3 heterocycles. The third kappa shape index (κ3) is 3.11. The van der Waals surface area contributed by atoms with E-state index in [2.05, 4.69) is 9.97 Å². The van der Waals surface area contributed by atoms with Crippen LogP contribution in [0.4, 0.5) is 0 Å². The second kappa shape index (κ2) is 5.91. The van der Waals surface area contributed by atoms with E-state index < -0.39 is 0 Å². The van der Waals surface area contributed by atoms with Crippen LogP contribution in [0.3, 0.4) is 0 Å². The summed E-state index contributed by atoms with van der Waals surface area (Å²) in [6.45, 7) is 5.50. The zero-order valence-electron chi connectivity index (χ0n) is 12.1. The van der Waals surface area contributed by atoms with Crippen LogP contribution in [0.2, 0.25) is 0 Å². The highest BCUT2D eigenvalue weighted by atomic mass is 32.1. The molecule has 110 valence electrons. The summed E-state index contributed by atoms with van der Waals surface area (Å²) in [5.41, 5.74) is 2.58. The molecule has 1 amide bonds. The summed E-state index contributed by atoms with van der Waals surface area (Å²) < 4.78 is 5.76. The maximum absolute atomic E-state index is 12.4. The zero-order valence-corrected chi connectivity index (χ0v) is 12.9. The van der Waals surface area contributed by atoms with Gasteiger partial charge in [0, 0.05) is 23.3 Å². The first-order valence-corrected chi connectivity index (χ1v) is 7.83. The van der Waals surface area contributed by atoms with Crippen molar-refractivity contribution in [2.75, 3.05) is 19.7 Å². The first-order chi connectivity index (χ1) is 10.1. The van der Waals surface area contributed by atoms with Gasteiger partial charge in [-0.3, -0.25) is 4.79 Å². The van der Waals surface area contributed by atoms with Gasteiger partial charge in [0.1, 0.15) is 6.10 Å². The number of rotatable bonds is 2. The van der Waals surface area contributed by atoms with Crippen LogP contribution >= 0.6 is 11.3 Å². The lowest BCUT2D eigenvalue weighted by Crippen LogP contribution is -2.42. The molecule has 0 aromatic carbocycles. The molecule has 1 aliphatic heterocycles. The minimum absolute atomic E-state index is 0.0499. The molecular weight excluding hydrogens is 286 g/mol. The van der Waals surface area contributed by atoms with Crippen LogP contribution in [-0.2, 0) is 4.74 Å². The lowest BCUT2D eigenvalue weighted by atomic mass is 10.2. The number of aryl methyl sites for hydroxylation is 2. The van der Waals surface area contributed by atoms with Gasteiger partial charge in [-0.2, -0.15) is 11.3 Å². The molecule has 0 N–H and O–H groups in total. The molecule has 5 nitrogen and oxygen atoms in total. The van der Waals surface area contributed by atoms with Gasteiger partial charge in [-0.1, -0.05) is 0 Å². The van der Waals surface area contributed by atoms with Crippen LogP contribution in [0.15, 0.2) is 22.9 Å². The molecule has 1 atom stereocenters. The largest absolute Gasteiger partial charge is 0.367 e. The van der Waals surface area contributed by atoms with Gasteiger partial charge < -0.3 is 9.64 Å². The lowest BCUT2D eigenvalue weighted by Gasteiger charge is -2.32. The van der Waals surface area contributed by atoms with Crippen molar-refractivity contribution in [3.63, 3.8) is 0 Å². The highest BCUT2D eigenvalue weighted by Crippen LogP contribution is 2.21. The zero-order chi connectivity index (χ0) is 14.8. The van der Waals surface area contributed by atoms with Crippen molar-refractivity contribution in [2.24, 2.45) is 0 Å². The second-order valence-electron chi connectivity index (χ2n) is 5.13. The molecule has 1 fully saturated rings. The third-order valence-corrected chi connectivity index (χ3v) is 4.09. The molecule has 0 radical (unpaired) electrons. The number of aromatic nitrogens is 2. The molecule has 0 unspecified atom stereocenters. The van der Waals surface area contributed by atoms with Crippen molar-refractivity contribution in [3.05, 3.63) is 45.7 Å². The van der Waals surface area contributed by atoms with Gasteiger partial charge in [-0.05, 0) is 31.4 Å². The van der Waals surface area contributed by atoms with Crippen molar-refractivity contribution in [1.29, 1.82) is 0 Å². The Morgan fingerprint density at radius 2 is 2.14 bits per heavy atom. The van der Waals surface area contributed by atoms with Gasteiger partial charge in [-0.25, -0.2) is 9.97 Å². The molecular formula is C15H17N3O2S. The van der Waals surface area contributed by atoms with E-state index in [1.807, 2.05) is 41.6 Å². The Hall–Kier alpha value is -1.79. The Kier molecular flexibility index (Phi) is 3.98. The Labute approximate surface area is 127 Å². The third-order valence-electron chi connectivity index (χ3n) is 3.41. The van der Waals surface area contributed by atoms with E-state index in [1.165, 1.54) is 11.3 Å². The normalized spacial score (nSPS) is 18.8. The Balaban J connectivity index is 1.78. The van der Waals surface area contributed by atoms with Crippen LogP contribution in [0.5, 0.6) is 0 Å². The number of morpholine rings is 1. The van der Waals surface area contributed by atoms with Gasteiger partial charge in [-0.15, -0.1) is 0 Å². The summed E-state index contributed by atoms with van der Waals surface area (Å²) in [6.07, 6.45) is -0.250. The summed E-state index contributed by atoms with van der Waals surface area (Å²) in [7, 11) is 0. The number of carbonyl (C=O) groups is 1. The Morgan fingerprint density at radius 3 is 2.81 bits per heavy atom. The van der Waals surface area contributed by atoms with E-state index >= 15 is 0 Å². The van der Waals surface area contributed by atoms with Crippen LogP contribution < -0.4 is 0 Å². The SMILES string of the molecule is Cc1cc(C)nc([C@@H]2CN(C(=O)c3ccsc3)CCO2)n1. The molecule has 2 aromatic heterocycles. The molecule has 0 bridgehead atoms. The quantitative estimate of drug-likeness (QED) is 0.854. The molecule has 2 aromatic rings. The molecule has 21 heavy (non-hydrogen) atoms. The van der Waals surface area contributed by atoms with E-state index in [0.29, 0.717) is 25.5 Å². The number of hydrogen-bond donors (Lipinski definition) is 0. The van der Waals surface area contributed by atoms with Gasteiger partial charge in [0.15, 0.2) is 5.82 Å². The fourth-order valence-electron chi connectivity index (χ4n) is 2.46. The van der Waals surface area contributed by atoms with Gasteiger partial charge in [0.05, 0.1) is 18.7 Å². The molecule has 0 saturated carbocycles. The smallest absolute Gasteiger partial charge is 0.254 e. The number of nitrogens with zero attached hydrogens (tertiary/aromatic N) is 3. The van der Waals surface area contributed by atoms with Crippen molar-refractivity contribution < 1.29 is 9.53 Å². The number of hydrogen-bond acceptors (Lipinski definition) is 5. The van der Waals surface area contributed by atoms with E-state index in [4.69, 9.17) is 4.74 Å². The summed E-state index contributed by atoms with van der Waals surface area (Å²) >= 11 is 1.53. The van der Waals surface area contributed by atoms with Crippen molar-refractivity contribution in [2.45, 2.75) is 20.0 Å². The number of ether oxygens (including phenoxy) is 1. The lowest BCUT2D eigenvalue weighted by molar-refractivity contribution is -0.0269. The average Bonchev–Trinajstić information content (AvgIpc) is 3.00. The maximum atomic E-state index is 12.4. The fourth-order valence-corrected chi connectivity index (χ4v) is 3.09. The predicted molar refractivity (Wildman–Crippen MR) is 80.4 cm³/mol. The summed E-state index contributed by atoms with van der Waals surface area (Å²) in [6, 6.07) is 3.78. The van der Waals surface area contributed by atoms with Crippen molar-refractivity contribution in [3.8, 4) is 0 Å². The fraction of sp³-hybridized carbons (Fsp3) is 0.400. The van der Waals surface area contributed by atoms with E-state index in [9.17, 15) is 4.79 Å². The topological polar surface area (TPSA) is 55.3 Å². The standard InChI is InChI=1S/C15H17N3O2S/c1-10-7-11(2)17-14(16-10)13-8-18(4-5-20-13)15(19)12-3-6-21-9-12/h3,6-7,9,13H,4-5,8H2,1-2H3/t13-/m0/s1. The van der Waals surface area contributed by atoms with Crippen LogP contribution in [-0.4, -0.2) is 40.5 Å². The summed E-state index contributed by atoms with van der Waals surface area (Å²) in [4.78, 5) is 23.1. The maximum Gasteiger partial charge on any atom is 0.254 e. The van der Waals surface area contributed by atoms with Crippen LogP contribution in [0.1, 0.15) is 33.7 Å². The molecule has 3 rings (SSSR count). The molecule has 0 spiro atoms. The van der Waals surface area contributed by atoms with Crippen LogP contribution in [0.25, 0.3) is 0 Å².